The van der Waals surface area contributed by atoms with Gasteiger partial charge in [-0.2, -0.15) is 0 Å². The minimum Gasteiger partial charge on any atom is -0.377 e. The van der Waals surface area contributed by atoms with Crippen LogP contribution in [-0.4, -0.2) is 75.0 Å². The fourth-order valence-electron chi connectivity index (χ4n) is 2.65. The molecule has 0 amide bonds. The predicted molar refractivity (Wildman–Crippen MR) is 112 cm³/mol. The Labute approximate surface area is 165 Å². The second-order valence-electron chi connectivity index (χ2n) is 6.96. The third-order valence-corrected chi connectivity index (χ3v) is 3.95. The van der Waals surface area contributed by atoms with E-state index < -0.39 is 0 Å². The number of nitrogens with one attached hydrogen (secondary N) is 2. The van der Waals surface area contributed by atoms with Gasteiger partial charge in [-0.3, -0.25) is 9.89 Å². The van der Waals surface area contributed by atoms with E-state index in [0.29, 0.717) is 18.8 Å². The standard InChI is InChI=1S/C17H36N4O2.HI/c1-7-18-16(20-13-17(4,5)22-6)19-9-8-10-21-11-14(2)23-15(3)12-21;/h14-15H,7-13H2,1-6H3,(H2,18,19,20);1H. The zero-order chi connectivity index (χ0) is 17.3. The van der Waals surface area contributed by atoms with E-state index in [-0.39, 0.29) is 29.6 Å². The van der Waals surface area contributed by atoms with Crippen LogP contribution in [0.1, 0.15) is 41.0 Å². The van der Waals surface area contributed by atoms with Crippen LogP contribution in [0.2, 0.25) is 0 Å². The van der Waals surface area contributed by atoms with E-state index in [4.69, 9.17) is 9.47 Å². The molecule has 6 nitrogen and oxygen atoms in total. The van der Waals surface area contributed by atoms with E-state index in [1.54, 1.807) is 7.11 Å². The zero-order valence-corrected chi connectivity index (χ0v) is 18.6. The average molecular weight is 456 g/mol. The van der Waals surface area contributed by atoms with Crippen molar-refractivity contribution in [2.45, 2.75) is 58.8 Å². The van der Waals surface area contributed by atoms with Crippen molar-refractivity contribution in [3.8, 4) is 0 Å². The minimum absolute atomic E-state index is 0. The molecule has 1 saturated heterocycles. The summed E-state index contributed by atoms with van der Waals surface area (Å²) in [6, 6.07) is 0. The second kappa shape index (κ2) is 12.3. The van der Waals surface area contributed by atoms with Gasteiger partial charge in [-0.05, 0) is 41.0 Å². The molecule has 0 radical (unpaired) electrons. The summed E-state index contributed by atoms with van der Waals surface area (Å²) in [6.07, 6.45) is 1.76. The van der Waals surface area contributed by atoms with Gasteiger partial charge in [0.15, 0.2) is 5.96 Å². The van der Waals surface area contributed by atoms with Gasteiger partial charge in [0.25, 0.3) is 0 Å². The lowest BCUT2D eigenvalue weighted by Crippen LogP contribution is -2.46. The highest BCUT2D eigenvalue weighted by atomic mass is 127. The maximum atomic E-state index is 5.77. The first-order valence-corrected chi connectivity index (χ1v) is 8.81. The number of ether oxygens (including phenoxy) is 2. The van der Waals surface area contributed by atoms with Crippen molar-refractivity contribution in [2.24, 2.45) is 4.99 Å². The number of nitrogens with zero attached hydrogens (tertiary/aromatic N) is 2. The molecule has 0 spiro atoms. The Balaban J connectivity index is 0.00000529. The Morgan fingerprint density at radius 3 is 2.42 bits per heavy atom. The minimum atomic E-state index is -0.234. The quantitative estimate of drug-likeness (QED) is 0.254. The number of rotatable bonds is 8. The summed E-state index contributed by atoms with van der Waals surface area (Å²) in [5.74, 6) is 0.862. The van der Waals surface area contributed by atoms with Gasteiger partial charge >= 0.3 is 0 Å². The molecule has 24 heavy (non-hydrogen) atoms. The molecule has 0 aromatic rings. The number of methoxy groups -OCH3 is 1. The fourth-order valence-corrected chi connectivity index (χ4v) is 2.65. The van der Waals surface area contributed by atoms with Crippen LogP contribution in [0.3, 0.4) is 0 Å². The van der Waals surface area contributed by atoms with Crippen LogP contribution in [0, 0.1) is 0 Å². The molecule has 1 heterocycles. The van der Waals surface area contributed by atoms with Crippen LogP contribution in [0.5, 0.6) is 0 Å². The lowest BCUT2D eigenvalue weighted by atomic mass is 10.1. The van der Waals surface area contributed by atoms with E-state index in [1.807, 2.05) is 13.8 Å². The number of morpholine rings is 1. The molecule has 144 valence electrons. The van der Waals surface area contributed by atoms with Crippen LogP contribution in [-0.2, 0) is 9.47 Å². The van der Waals surface area contributed by atoms with Crippen LogP contribution < -0.4 is 10.6 Å². The Bertz CT molecular complexity index is 356. The van der Waals surface area contributed by atoms with Crippen molar-refractivity contribution < 1.29 is 9.47 Å². The highest BCUT2D eigenvalue weighted by Gasteiger charge is 2.21. The molecule has 2 N–H and O–H groups in total. The number of hydrogen-bond donors (Lipinski definition) is 2. The summed E-state index contributed by atoms with van der Waals surface area (Å²) in [4.78, 5) is 7.08. The fraction of sp³-hybridized carbons (Fsp3) is 0.941. The van der Waals surface area contributed by atoms with Gasteiger partial charge in [0.1, 0.15) is 0 Å². The van der Waals surface area contributed by atoms with Crippen molar-refractivity contribution >= 4 is 29.9 Å². The van der Waals surface area contributed by atoms with Gasteiger partial charge < -0.3 is 20.1 Å². The lowest BCUT2D eigenvalue weighted by molar-refractivity contribution is -0.0679. The molecule has 0 bridgehead atoms. The van der Waals surface area contributed by atoms with Gasteiger partial charge in [-0.15, -0.1) is 24.0 Å². The van der Waals surface area contributed by atoms with Gasteiger partial charge in [0.2, 0.25) is 0 Å². The summed E-state index contributed by atoms with van der Waals surface area (Å²) in [5.41, 5.74) is -0.234. The molecule has 0 aromatic carbocycles. The van der Waals surface area contributed by atoms with E-state index >= 15 is 0 Å². The maximum absolute atomic E-state index is 5.77. The molecule has 0 aliphatic carbocycles. The maximum Gasteiger partial charge on any atom is 0.191 e. The van der Waals surface area contributed by atoms with Gasteiger partial charge in [0, 0.05) is 39.8 Å². The smallest absolute Gasteiger partial charge is 0.191 e. The topological polar surface area (TPSA) is 58.1 Å². The van der Waals surface area contributed by atoms with Gasteiger partial charge in [-0.25, -0.2) is 0 Å². The first-order chi connectivity index (χ1) is 10.9. The number of halogens is 1. The first kappa shape index (κ1) is 23.9. The highest BCUT2D eigenvalue weighted by molar-refractivity contribution is 14.0. The highest BCUT2D eigenvalue weighted by Crippen LogP contribution is 2.10. The van der Waals surface area contributed by atoms with Gasteiger partial charge in [-0.1, -0.05) is 0 Å². The van der Waals surface area contributed by atoms with Crippen LogP contribution in [0.25, 0.3) is 0 Å². The van der Waals surface area contributed by atoms with Gasteiger partial charge in [0.05, 0.1) is 24.4 Å². The molecular formula is C17H37IN4O2. The van der Waals surface area contributed by atoms with Crippen molar-refractivity contribution in [3.63, 3.8) is 0 Å². The summed E-state index contributed by atoms with van der Waals surface area (Å²) in [7, 11) is 1.72. The molecule has 2 unspecified atom stereocenters. The summed E-state index contributed by atoms with van der Waals surface area (Å²) < 4.78 is 11.2. The lowest BCUT2D eigenvalue weighted by Gasteiger charge is -2.35. The molecular weight excluding hydrogens is 419 g/mol. The number of guanidine groups is 1. The Kier molecular flexibility index (Phi) is 12.2. The predicted octanol–water partition coefficient (Wildman–Crippen LogP) is 2.08. The molecule has 0 saturated carbocycles. The van der Waals surface area contributed by atoms with E-state index in [1.165, 1.54) is 0 Å². The van der Waals surface area contributed by atoms with E-state index in [0.717, 1.165) is 45.1 Å². The monoisotopic (exact) mass is 456 g/mol. The Hall–Kier alpha value is -0.120. The van der Waals surface area contributed by atoms with Crippen LogP contribution in [0.15, 0.2) is 4.99 Å². The number of aliphatic imine (C=N–C) groups is 1. The number of hydrogen-bond acceptors (Lipinski definition) is 4. The van der Waals surface area contributed by atoms with Crippen molar-refractivity contribution in [1.29, 1.82) is 0 Å². The van der Waals surface area contributed by atoms with E-state index in [9.17, 15) is 0 Å². The van der Waals surface area contributed by atoms with Crippen molar-refractivity contribution in [1.82, 2.24) is 15.5 Å². The van der Waals surface area contributed by atoms with Crippen LogP contribution >= 0.6 is 24.0 Å². The largest absolute Gasteiger partial charge is 0.377 e. The second-order valence-corrected chi connectivity index (χ2v) is 6.96. The average Bonchev–Trinajstić information content (AvgIpc) is 2.48. The first-order valence-electron chi connectivity index (χ1n) is 8.81. The SMILES string of the molecule is CCNC(=NCC(C)(C)OC)NCCCN1CC(C)OC(C)C1.I. The molecule has 1 aliphatic heterocycles. The molecule has 1 aliphatic rings. The molecule has 1 rings (SSSR count). The zero-order valence-electron chi connectivity index (χ0n) is 16.2. The third-order valence-electron chi connectivity index (χ3n) is 3.95. The normalized spacial score (nSPS) is 22.8. The summed E-state index contributed by atoms with van der Waals surface area (Å²) in [5, 5.41) is 6.69. The molecule has 0 aromatic heterocycles. The molecule has 7 heteroatoms. The molecule has 2 atom stereocenters. The van der Waals surface area contributed by atoms with Crippen molar-refractivity contribution in [2.75, 3.05) is 46.4 Å². The molecule has 1 fully saturated rings. The summed E-state index contributed by atoms with van der Waals surface area (Å²) >= 11 is 0. The Morgan fingerprint density at radius 2 is 1.88 bits per heavy atom. The van der Waals surface area contributed by atoms with Crippen LogP contribution in [0.4, 0.5) is 0 Å². The third kappa shape index (κ3) is 10.0. The van der Waals surface area contributed by atoms with Crippen molar-refractivity contribution in [3.05, 3.63) is 0 Å². The summed E-state index contributed by atoms with van der Waals surface area (Å²) in [6.45, 7) is 16.0. The van der Waals surface area contributed by atoms with E-state index in [2.05, 4.69) is 41.3 Å². The Morgan fingerprint density at radius 1 is 1.25 bits per heavy atom.